The van der Waals surface area contributed by atoms with Crippen LogP contribution in [0.4, 0.5) is 17.6 Å². The van der Waals surface area contributed by atoms with E-state index in [0.717, 1.165) is 25.6 Å². The van der Waals surface area contributed by atoms with Gasteiger partial charge >= 0.3 is 6.18 Å². The van der Waals surface area contributed by atoms with Crippen molar-refractivity contribution in [3.63, 3.8) is 0 Å². The maximum atomic E-state index is 13.2. The first kappa shape index (κ1) is 23.6. The molecular formula is C22H24F4N4O2. The van der Waals surface area contributed by atoms with Gasteiger partial charge in [0, 0.05) is 24.1 Å². The maximum Gasteiger partial charge on any atom is 0.433 e. The monoisotopic (exact) mass is 452 g/mol. The fraction of sp³-hybridized carbons (Fsp3) is 0.409. The molecule has 0 spiro atoms. The van der Waals surface area contributed by atoms with Gasteiger partial charge in [-0.2, -0.15) is 18.3 Å². The lowest BCUT2D eigenvalue weighted by molar-refractivity contribution is -0.142. The van der Waals surface area contributed by atoms with Crippen molar-refractivity contribution < 1.29 is 27.1 Å². The highest BCUT2D eigenvalue weighted by Gasteiger charge is 2.35. The maximum absolute atomic E-state index is 13.2. The van der Waals surface area contributed by atoms with Gasteiger partial charge in [0.2, 0.25) is 0 Å². The summed E-state index contributed by atoms with van der Waals surface area (Å²) in [6, 6.07) is 8.57. The number of nitrogens with zero attached hydrogens (tertiary/aromatic N) is 4. The number of carbonyl (C=O) groups excluding carboxylic acids is 1. The van der Waals surface area contributed by atoms with Gasteiger partial charge in [0.1, 0.15) is 11.4 Å². The van der Waals surface area contributed by atoms with Gasteiger partial charge in [0.25, 0.3) is 0 Å². The van der Waals surface area contributed by atoms with Crippen molar-refractivity contribution >= 4 is 11.9 Å². The Morgan fingerprint density at radius 1 is 1.22 bits per heavy atom. The van der Waals surface area contributed by atoms with Crippen LogP contribution < -0.4 is 4.74 Å². The number of hydrogen-bond donors (Lipinski definition) is 0. The summed E-state index contributed by atoms with van der Waals surface area (Å²) >= 11 is 0. The van der Waals surface area contributed by atoms with E-state index in [0.29, 0.717) is 28.0 Å². The summed E-state index contributed by atoms with van der Waals surface area (Å²) < 4.78 is 57.4. The zero-order chi connectivity index (χ0) is 23.3. The van der Waals surface area contributed by atoms with E-state index >= 15 is 0 Å². The van der Waals surface area contributed by atoms with Gasteiger partial charge in [-0.05, 0) is 56.8 Å². The molecule has 6 nitrogen and oxygen atoms in total. The molecule has 0 amide bonds. The average Bonchev–Trinajstić information content (AvgIpc) is 3.21. The van der Waals surface area contributed by atoms with Crippen LogP contribution in [0.15, 0.2) is 36.4 Å². The topological polar surface area (TPSA) is 59.7 Å². The second-order valence-electron chi connectivity index (χ2n) is 7.63. The van der Waals surface area contributed by atoms with Crippen molar-refractivity contribution in [2.24, 2.45) is 5.92 Å². The predicted octanol–water partition coefficient (Wildman–Crippen LogP) is 4.53. The van der Waals surface area contributed by atoms with E-state index in [4.69, 9.17) is 4.74 Å². The minimum absolute atomic E-state index is 0.0484. The molecule has 1 atom stereocenters. The quantitative estimate of drug-likeness (QED) is 0.430. The second kappa shape index (κ2) is 10.1. The molecule has 0 aliphatic carbocycles. The Bertz CT molecular complexity index is 1050. The van der Waals surface area contributed by atoms with Gasteiger partial charge in [0.15, 0.2) is 17.6 Å². The number of likely N-dealkylation sites (tertiary alicyclic amines) is 1. The molecule has 0 bridgehead atoms. The van der Waals surface area contributed by atoms with Crippen LogP contribution in [0.2, 0.25) is 0 Å². The molecule has 32 heavy (non-hydrogen) atoms. The molecule has 10 heteroatoms. The smallest absolute Gasteiger partial charge is 0.433 e. The zero-order valence-electron chi connectivity index (χ0n) is 17.8. The lowest BCUT2D eigenvalue weighted by Crippen LogP contribution is -2.32. The molecule has 1 unspecified atom stereocenters. The highest BCUT2D eigenvalue weighted by Crippen LogP contribution is 2.32. The molecule has 0 saturated carbocycles. The molecule has 2 aromatic heterocycles. The summed E-state index contributed by atoms with van der Waals surface area (Å²) in [6.07, 6.45) is -2.00. The third-order valence-corrected chi connectivity index (χ3v) is 5.18. The van der Waals surface area contributed by atoms with Gasteiger partial charge in [-0.15, -0.1) is 0 Å². The Morgan fingerprint density at radius 2 is 1.94 bits per heavy atom. The standard InChI is InChI=1S/C15H10F3N3O2.C7H14FN/c1-23-11-4-2-9(3-5-11)12-7-13(15(16,17)18)21-14(19-12)6-10(8-22)20-21;1-9-4-2-3-7(5-8)6-9/h2-8H,1H3;7H,2-6H2,1H3. The highest BCUT2D eigenvalue weighted by atomic mass is 19.4. The Labute approximate surface area is 182 Å². The molecule has 1 aliphatic rings. The Hall–Kier alpha value is -3.01. The van der Waals surface area contributed by atoms with Gasteiger partial charge in [-0.25, -0.2) is 9.50 Å². The summed E-state index contributed by atoms with van der Waals surface area (Å²) in [7, 11) is 3.55. The minimum atomic E-state index is -4.63. The van der Waals surface area contributed by atoms with E-state index in [1.807, 2.05) is 0 Å². The second-order valence-corrected chi connectivity index (χ2v) is 7.63. The van der Waals surface area contributed by atoms with E-state index in [-0.39, 0.29) is 23.7 Å². The molecule has 1 aliphatic heterocycles. The van der Waals surface area contributed by atoms with E-state index in [9.17, 15) is 22.4 Å². The number of fused-ring (bicyclic) bond motifs is 1. The van der Waals surface area contributed by atoms with Gasteiger partial charge in [-0.3, -0.25) is 9.18 Å². The normalized spacial score (nSPS) is 17.0. The van der Waals surface area contributed by atoms with Gasteiger partial charge < -0.3 is 9.64 Å². The summed E-state index contributed by atoms with van der Waals surface area (Å²) in [4.78, 5) is 17.1. The molecule has 3 heterocycles. The highest BCUT2D eigenvalue weighted by molar-refractivity contribution is 5.75. The van der Waals surface area contributed by atoms with E-state index in [1.54, 1.807) is 24.3 Å². The number of carbonyl (C=O) groups is 1. The number of aldehydes is 1. The molecule has 4 rings (SSSR count). The van der Waals surface area contributed by atoms with Crippen molar-refractivity contribution in [2.45, 2.75) is 19.0 Å². The van der Waals surface area contributed by atoms with Crippen molar-refractivity contribution in [1.82, 2.24) is 19.5 Å². The lowest BCUT2D eigenvalue weighted by atomic mass is 10.0. The number of ether oxygens (including phenoxy) is 1. The third kappa shape index (κ3) is 5.61. The van der Waals surface area contributed by atoms with E-state index < -0.39 is 11.9 Å². The average molecular weight is 452 g/mol. The van der Waals surface area contributed by atoms with Crippen molar-refractivity contribution in [1.29, 1.82) is 0 Å². The SMILES string of the molecule is CN1CCCC(CF)C1.COc1ccc(-c2cc(C(F)(F)F)n3nc(C=O)cc3n2)cc1. The first-order chi connectivity index (χ1) is 15.2. The van der Waals surface area contributed by atoms with Crippen molar-refractivity contribution in [2.75, 3.05) is 33.9 Å². The number of benzene rings is 1. The van der Waals surface area contributed by atoms with Crippen LogP contribution in [0.3, 0.4) is 0 Å². The molecule has 3 aromatic rings. The summed E-state index contributed by atoms with van der Waals surface area (Å²) in [6.45, 7) is 1.97. The fourth-order valence-electron chi connectivity index (χ4n) is 3.56. The molecule has 1 aromatic carbocycles. The van der Waals surface area contributed by atoms with Crippen LogP contribution >= 0.6 is 0 Å². The molecule has 1 fully saturated rings. The Morgan fingerprint density at radius 3 is 2.47 bits per heavy atom. The first-order valence-corrected chi connectivity index (χ1v) is 10.1. The summed E-state index contributed by atoms with van der Waals surface area (Å²) in [5.41, 5.74) is -0.540. The minimum Gasteiger partial charge on any atom is -0.497 e. The number of piperidine rings is 1. The lowest BCUT2D eigenvalue weighted by Gasteiger charge is -2.27. The van der Waals surface area contributed by atoms with Crippen molar-refractivity contribution in [3.8, 4) is 17.0 Å². The number of aromatic nitrogens is 3. The van der Waals surface area contributed by atoms with Crippen molar-refractivity contribution in [3.05, 3.63) is 47.8 Å². The summed E-state index contributed by atoms with van der Waals surface area (Å²) in [5, 5.41) is 3.61. The summed E-state index contributed by atoms with van der Waals surface area (Å²) in [5.74, 6) is 0.905. The van der Waals surface area contributed by atoms with Crippen LogP contribution in [-0.2, 0) is 6.18 Å². The van der Waals surface area contributed by atoms with Gasteiger partial charge in [-0.1, -0.05) is 0 Å². The van der Waals surface area contributed by atoms with E-state index in [1.165, 1.54) is 19.6 Å². The fourth-order valence-corrected chi connectivity index (χ4v) is 3.56. The third-order valence-electron chi connectivity index (χ3n) is 5.18. The number of hydrogen-bond acceptors (Lipinski definition) is 5. The first-order valence-electron chi connectivity index (χ1n) is 10.1. The number of methoxy groups -OCH3 is 1. The van der Waals surface area contributed by atoms with Crippen LogP contribution in [-0.4, -0.2) is 59.7 Å². The number of halogens is 4. The number of alkyl halides is 4. The number of rotatable bonds is 4. The van der Waals surface area contributed by atoms with Crippen LogP contribution in [0, 0.1) is 5.92 Å². The van der Waals surface area contributed by atoms with Gasteiger partial charge in [0.05, 0.1) is 19.5 Å². The largest absolute Gasteiger partial charge is 0.497 e. The zero-order valence-corrected chi connectivity index (χ0v) is 17.8. The molecule has 0 N–H and O–H groups in total. The van der Waals surface area contributed by atoms with E-state index in [2.05, 4.69) is 22.0 Å². The van der Waals surface area contributed by atoms with Crippen LogP contribution in [0.5, 0.6) is 5.75 Å². The molecule has 1 saturated heterocycles. The van der Waals surface area contributed by atoms with Crippen LogP contribution in [0.25, 0.3) is 16.9 Å². The molecule has 0 radical (unpaired) electrons. The molecular weight excluding hydrogens is 428 g/mol. The Balaban J connectivity index is 0.000000269. The predicted molar refractivity (Wildman–Crippen MR) is 112 cm³/mol. The Kier molecular flexibility index (Phi) is 7.44. The van der Waals surface area contributed by atoms with Crippen LogP contribution in [0.1, 0.15) is 29.0 Å². The molecule has 172 valence electrons.